The molecule has 0 unspecified atom stereocenters. The molecular formula is C22H21FN6. The summed E-state index contributed by atoms with van der Waals surface area (Å²) in [7, 11) is 0. The number of rotatable bonds is 6. The van der Waals surface area contributed by atoms with Gasteiger partial charge in [-0.3, -0.25) is 4.98 Å². The van der Waals surface area contributed by atoms with Crippen molar-refractivity contribution in [2.24, 2.45) is 0 Å². The van der Waals surface area contributed by atoms with Gasteiger partial charge in [-0.05, 0) is 67.9 Å². The molecule has 0 atom stereocenters. The molecule has 0 saturated heterocycles. The van der Waals surface area contributed by atoms with Crippen molar-refractivity contribution in [3.05, 3.63) is 78.5 Å². The van der Waals surface area contributed by atoms with Gasteiger partial charge in [-0.15, -0.1) is 5.10 Å². The minimum Gasteiger partial charge on any atom is -0.368 e. The molecule has 0 aliphatic carbocycles. The fraction of sp³-hybridized carbons (Fsp3) is 0.182. The van der Waals surface area contributed by atoms with Crippen LogP contribution in [-0.4, -0.2) is 31.0 Å². The molecule has 0 spiro atoms. The minimum atomic E-state index is -0.284. The zero-order chi connectivity index (χ0) is 20.2. The van der Waals surface area contributed by atoms with Crippen molar-refractivity contribution in [2.45, 2.75) is 26.4 Å². The Morgan fingerprint density at radius 2 is 1.72 bits per heavy atom. The van der Waals surface area contributed by atoms with Crippen molar-refractivity contribution >= 4 is 5.82 Å². The number of halogens is 1. The van der Waals surface area contributed by atoms with E-state index in [2.05, 4.69) is 39.4 Å². The SMILES string of the molecule is CC(C)Nc1cc(Cn2nnc(-c3ccc(F)cc3)c2-c2ccncc2)ccn1. The molecule has 0 aliphatic rings. The Morgan fingerprint density at radius 1 is 0.966 bits per heavy atom. The van der Waals surface area contributed by atoms with Crippen LogP contribution >= 0.6 is 0 Å². The largest absolute Gasteiger partial charge is 0.368 e. The normalized spacial score (nSPS) is 11.0. The third kappa shape index (κ3) is 4.29. The quantitative estimate of drug-likeness (QED) is 0.530. The van der Waals surface area contributed by atoms with Crippen LogP contribution in [0.15, 0.2) is 67.1 Å². The number of hydrogen-bond donors (Lipinski definition) is 1. The highest BCUT2D eigenvalue weighted by Crippen LogP contribution is 2.30. The first-order chi connectivity index (χ1) is 14.1. The predicted molar refractivity (Wildman–Crippen MR) is 111 cm³/mol. The Kier molecular flexibility index (Phi) is 5.29. The van der Waals surface area contributed by atoms with E-state index >= 15 is 0 Å². The molecule has 0 bridgehead atoms. The number of hydrogen-bond acceptors (Lipinski definition) is 5. The highest BCUT2D eigenvalue weighted by Gasteiger charge is 2.17. The number of nitrogens with zero attached hydrogens (tertiary/aromatic N) is 5. The van der Waals surface area contributed by atoms with E-state index in [4.69, 9.17) is 0 Å². The van der Waals surface area contributed by atoms with Crippen LogP contribution in [0, 0.1) is 5.82 Å². The van der Waals surface area contributed by atoms with E-state index in [1.165, 1.54) is 12.1 Å². The molecule has 1 N–H and O–H groups in total. The lowest BCUT2D eigenvalue weighted by Crippen LogP contribution is -2.11. The predicted octanol–water partition coefficient (Wildman–Crippen LogP) is 4.41. The third-order valence-corrected chi connectivity index (χ3v) is 4.40. The number of nitrogens with one attached hydrogen (secondary N) is 1. The first-order valence-corrected chi connectivity index (χ1v) is 9.41. The Morgan fingerprint density at radius 3 is 2.45 bits per heavy atom. The molecule has 29 heavy (non-hydrogen) atoms. The molecule has 4 aromatic rings. The molecule has 0 aliphatic heterocycles. The third-order valence-electron chi connectivity index (χ3n) is 4.40. The first kappa shape index (κ1) is 18.7. The Hall–Kier alpha value is -3.61. The standard InChI is InChI=1S/C22H21FN6/c1-15(2)26-20-13-16(7-12-25-20)14-29-22(18-8-10-24-11-9-18)21(27-28-29)17-3-5-19(23)6-4-17/h3-13,15H,14H2,1-2H3,(H,25,26). The van der Waals surface area contributed by atoms with E-state index in [0.29, 0.717) is 18.3 Å². The molecule has 3 aromatic heterocycles. The smallest absolute Gasteiger partial charge is 0.126 e. The van der Waals surface area contributed by atoms with Gasteiger partial charge in [-0.1, -0.05) is 5.21 Å². The van der Waals surface area contributed by atoms with Crippen molar-refractivity contribution in [1.29, 1.82) is 0 Å². The minimum absolute atomic E-state index is 0.284. The van der Waals surface area contributed by atoms with Crippen LogP contribution in [0.1, 0.15) is 19.4 Å². The van der Waals surface area contributed by atoms with E-state index in [9.17, 15) is 4.39 Å². The van der Waals surface area contributed by atoms with Crippen molar-refractivity contribution in [3.63, 3.8) is 0 Å². The first-order valence-electron chi connectivity index (χ1n) is 9.41. The van der Waals surface area contributed by atoms with E-state index in [1.54, 1.807) is 30.7 Å². The van der Waals surface area contributed by atoms with Crippen LogP contribution in [-0.2, 0) is 6.54 Å². The topological polar surface area (TPSA) is 68.5 Å². The molecule has 0 amide bonds. The van der Waals surface area contributed by atoms with Crippen LogP contribution < -0.4 is 5.32 Å². The average molecular weight is 388 g/mol. The van der Waals surface area contributed by atoms with Crippen LogP contribution in [0.25, 0.3) is 22.5 Å². The van der Waals surface area contributed by atoms with E-state index in [0.717, 1.165) is 28.2 Å². The molecule has 7 heteroatoms. The van der Waals surface area contributed by atoms with Gasteiger partial charge in [0.1, 0.15) is 17.3 Å². The summed E-state index contributed by atoms with van der Waals surface area (Å²) in [5.74, 6) is 0.537. The Balaban J connectivity index is 1.75. The second-order valence-corrected chi connectivity index (χ2v) is 7.04. The van der Waals surface area contributed by atoms with E-state index < -0.39 is 0 Å². The van der Waals surface area contributed by atoms with Gasteiger partial charge in [0.15, 0.2) is 0 Å². The second-order valence-electron chi connectivity index (χ2n) is 7.04. The lowest BCUT2D eigenvalue weighted by atomic mass is 10.1. The van der Waals surface area contributed by atoms with Crippen molar-refractivity contribution in [1.82, 2.24) is 25.0 Å². The molecule has 6 nitrogen and oxygen atoms in total. The summed E-state index contributed by atoms with van der Waals surface area (Å²) >= 11 is 0. The van der Waals surface area contributed by atoms with Gasteiger partial charge in [0.25, 0.3) is 0 Å². The van der Waals surface area contributed by atoms with Gasteiger partial charge >= 0.3 is 0 Å². The fourth-order valence-electron chi connectivity index (χ4n) is 3.14. The van der Waals surface area contributed by atoms with Gasteiger partial charge in [0.2, 0.25) is 0 Å². The van der Waals surface area contributed by atoms with E-state index in [-0.39, 0.29) is 5.82 Å². The van der Waals surface area contributed by atoms with Gasteiger partial charge in [0.05, 0.1) is 12.2 Å². The molecule has 1 aromatic carbocycles. The number of benzene rings is 1. The zero-order valence-corrected chi connectivity index (χ0v) is 16.2. The summed E-state index contributed by atoms with van der Waals surface area (Å²) in [5.41, 5.74) is 4.36. The molecule has 0 saturated carbocycles. The summed E-state index contributed by atoms with van der Waals surface area (Å²) in [5, 5.41) is 12.1. The summed E-state index contributed by atoms with van der Waals surface area (Å²) in [6.07, 6.45) is 5.25. The number of pyridine rings is 2. The highest BCUT2D eigenvalue weighted by atomic mass is 19.1. The second kappa shape index (κ2) is 8.18. The summed E-state index contributed by atoms with van der Waals surface area (Å²) in [6, 6.07) is 14.4. The molecule has 146 valence electrons. The lowest BCUT2D eigenvalue weighted by molar-refractivity contribution is 0.628. The molecular weight excluding hydrogens is 367 g/mol. The van der Waals surface area contributed by atoms with Crippen molar-refractivity contribution in [3.8, 4) is 22.5 Å². The number of anilines is 1. The average Bonchev–Trinajstić information content (AvgIpc) is 3.12. The monoisotopic (exact) mass is 388 g/mol. The maximum Gasteiger partial charge on any atom is 0.126 e. The molecule has 0 fully saturated rings. The Bertz CT molecular complexity index is 1090. The highest BCUT2D eigenvalue weighted by molar-refractivity contribution is 5.77. The maximum atomic E-state index is 13.4. The Labute approximate surface area is 168 Å². The molecule has 0 radical (unpaired) electrons. The van der Waals surface area contributed by atoms with Crippen LogP contribution in [0.2, 0.25) is 0 Å². The van der Waals surface area contributed by atoms with Crippen molar-refractivity contribution < 1.29 is 4.39 Å². The van der Waals surface area contributed by atoms with Crippen LogP contribution in [0.5, 0.6) is 0 Å². The summed E-state index contributed by atoms with van der Waals surface area (Å²) < 4.78 is 15.2. The lowest BCUT2D eigenvalue weighted by Gasteiger charge is -2.12. The maximum absolute atomic E-state index is 13.4. The summed E-state index contributed by atoms with van der Waals surface area (Å²) in [6.45, 7) is 4.67. The van der Waals surface area contributed by atoms with Gasteiger partial charge < -0.3 is 5.32 Å². The van der Waals surface area contributed by atoms with E-state index in [1.807, 2.05) is 28.9 Å². The molecule has 4 rings (SSSR count). The van der Waals surface area contributed by atoms with Crippen LogP contribution in [0.4, 0.5) is 10.2 Å². The number of aromatic nitrogens is 5. The summed E-state index contributed by atoms with van der Waals surface area (Å²) in [4.78, 5) is 8.47. The van der Waals surface area contributed by atoms with Crippen molar-refractivity contribution in [2.75, 3.05) is 5.32 Å². The van der Waals surface area contributed by atoms with Gasteiger partial charge in [0, 0.05) is 35.8 Å². The zero-order valence-electron chi connectivity index (χ0n) is 16.2. The van der Waals surface area contributed by atoms with Crippen LogP contribution in [0.3, 0.4) is 0 Å². The fourth-order valence-corrected chi connectivity index (χ4v) is 3.14. The van der Waals surface area contributed by atoms with Gasteiger partial charge in [-0.2, -0.15) is 0 Å². The van der Waals surface area contributed by atoms with Gasteiger partial charge in [-0.25, -0.2) is 14.1 Å². The molecule has 3 heterocycles.